The summed E-state index contributed by atoms with van der Waals surface area (Å²) in [6, 6.07) is 5.45. The van der Waals surface area contributed by atoms with Crippen molar-refractivity contribution in [2.45, 2.75) is 38.1 Å². The maximum absolute atomic E-state index is 12.0. The number of halogens is 3. The molecule has 0 aliphatic heterocycles. The number of ether oxygens (including phenoxy) is 1. The molecule has 2 N–H and O–H groups in total. The maximum Gasteiger partial charge on any atom is 0.573 e. The average molecular weight is 302 g/mol. The summed E-state index contributed by atoms with van der Waals surface area (Å²) in [5, 5.41) is 5.78. The summed E-state index contributed by atoms with van der Waals surface area (Å²) < 4.78 is 39.8. The zero-order chi connectivity index (χ0) is 15.3. The van der Waals surface area contributed by atoms with Gasteiger partial charge >= 0.3 is 6.36 Å². The number of amides is 1. The van der Waals surface area contributed by atoms with Crippen molar-refractivity contribution >= 4 is 11.6 Å². The molecular weight excluding hydrogens is 285 g/mol. The van der Waals surface area contributed by atoms with Gasteiger partial charge < -0.3 is 15.4 Å². The van der Waals surface area contributed by atoms with Crippen molar-refractivity contribution in [3.63, 3.8) is 0 Å². The van der Waals surface area contributed by atoms with Gasteiger partial charge in [-0.2, -0.15) is 0 Å². The minimum absolute atomic E-state index is 0.200. The lowest BCUT2D eigenvalue weighted by Gasteiger charge is -2.12. The van der Waals surface area contributed by atoms with Gasteiger partial charge in [-0.3, -0.25) is 4.79 Å². The van der Waals surface area contributed by atoms with Crippen LogP contribution in [0.5, 0.6) is 5.75 Å². The molecule has 1 aromatic carbocycles. The van der Waals surface area contributed by atoms with Crippen LogP contribution >= 0.6 is 0 Å². The van der Waals surface area contributed by atoms with Crippen molar-refractivity contribution in [1.29, 1.82) is 0 Å². The molecule has 0 unspecified atom stereocenters. The first-order valence-corrected chi connectivity index (χ1v) is 6.81. The Bertz CT molecular complexity index is 468. The van der Waals surface area contributed by atoms with Crippen molar-refractivity contribution in [2.24, 2.45) is 0 Å². The van der Waals surface area contributed by atoms with E-state index in [9.17, 15) is 18.0 Å². The van der Waals surface area contributed by atoms with Crippen LogP contribution in [0.3, 0.4) is 0 Å². The van der Waals surface area contributed by atoms with Crippen molar-refractivity contribution in [2.75, 3.05) is 11.9 Å². The summed E-state index contributed by atoms with van der Waals surface area (Å²) in [5.41, 5.74) is 0.433. The van der Waals surface area contributed by atoms with Crippen LogP contribution in [0.25, 0.3) is 0 Å². The number of anilines is 1. The monoisotopic (exact) mass is 302 g/mol. The van der Waals surface area contributed by atoms with Crippen LogP contribution in [-0.2, 0) is 4.79 Å². The number of hydrogen-bond acceptors (Lipinski definition) is 3. The number of hydrogen-bond donors (Lipinski definition) is 2. The van der Waals surface area contributed by atoms with Gasteiger partial charge in [0.15, 0.2) is 0 Å². The Hall–Kier alpha value is -1.76. The molecule has 2 rings (SSSR count). The van der Waals surface area contributed by atoms with E-state index >= 15 is 0 Å². The van der Waals surface area contributed by atoms with Gasteiger partial charge in [-0.05, 0) is 37.1 Å². The molecule has 4 nitrogen and oxygen atoms in total. The van der Waals surface area contributed by atoms with E-state index < -0.39 is 6.36 Å². The fraction of sp³-hybridized carbons (Fsp3) is 0.500. The first-order valence-electron chi connectivity index (χ1n) is 6.81. The first-order chi connectivity index (χ1) is 9.92. The second-order valence-electron chi connectivity index (χ2n) is 4.98. The maximum atomic E-state index is 12.0. The van der Waals surface area contributed by atoms with Gasteiger partial charge in [-0.15, -0.1) is 13.2 Å². The molecule has 1 aliphatic rings. The minimum Gasteiger partial charge on any atom is -0.406 e. The number of carbonyl (C=O) groups excluding carboxylic acids is 1. The Labute approximate surface area is 120 Å². The third kappa shape index (κ3) is 5.63. The molecule has 1 amide bonds. The number of nitrogens with one attached hydrogen (secondary N) is 2. The quantitative estimate of drug-likeness (QED) is 0.879. The molecule has 0 heterocycles. The standard InChI is InChI=1S/C14H17F3N2O2/c15-14(16,17)21-12-7-5-11(6-8-12)19-13(20)9-18-10-3-1-2-4-10/h5-8,10,18H,1-4,9H2,(H,19,20). The molecule has 1 saturated carbocycles. The summed E-state index contributed by atoms with van der Waals surface area (Å²) in [5.74, 6) is -0.532. The summed E-state index contributed by atoms with van der Waals surface area (Å²) in [4.78, 5) is 11.7. The zero-order valence-electron chi connectivity index (χ0n) is 11.4. The third-order valence-electron chi connectivity index (χ3n) is 3.28. The highest BCUT2D eigenvalue weighted by Gasteiger charge is 2.30. The molecule has 0 spiro atoms. The lowest BCUT2D eigenvalue weighted by atomic mass is 10.2. The molecular formula is C14H17F3N2O2. The van der Waals surface area contributed by atoms with Crippen LogP contribution in [0.4, 0.5) is 18.9 Å². The Balaban J connectivity index is 1.78. The van der Waals surface area contributed by atoms with Gasteiger partial charge in [0.25, 0.3) is 0 Å². The Morgan fingerprint density at radius 3 is 2.38 bits per heavy atom. The van der Waals surface area contributed by atoms with Crippen molar-refractivity contribution < 1.29 is 22.7 Å². The summed E-state index contributed by atoms with van der Waals surface area (Å²) >= 11 is 0. The molecule has 1 aliphatic carbocycles. The summed E-state index contributed by atoms with van der Waals surface area (Å²) in [6.07, 6.45) is -0.191. The molecule has 0 atom stereocenters. The summed E-state index contributed by atoms with van der Waals surface area (Å²) in [7, 11) is 0. The lowest BCUT2D eigenvalue weighted by molar-refractivity contribution is -0.274. The molecule has 7 heteroatoms. The summed E-state index contributed by atoms with van der Waals surface area (Å²) in [6.45, 7) is 0.200. The lowest BCUT2D eigenvalue weighted by Crippen LogP contribution is -2.34. The van der Waals surface area contributed by atoms with E-state index in [2.05, 4.69) is 15.4 Å². The van der Waals surface area contributed by atoms with E-state index in [-0.39, 0.29) is 18.2 Å². The van der Waals surface area contributed by atoms with Crippen LogP contribution < -0.4 is 15.4 Å². The molecule has 1 aromatic rings. The predicted molar refractivity (Wildman–Crippen MR) is 72.0 cm³/mol. The fourth-order valence-electron chi connectivity index (χ4n) is 2.31. The minimum atomic E-state index is -4.71. The van der Waals surface area contributed by atoms with Crippen molar-refractivity contribution in [3.8, 4) is 5.75 Å². The molecule has 116 valence electrons. The Morgan fingerprint density at radius 1 is 1.19 bits per heavy atom. The highest BCUT2D eigenvalue weighted by molar-refractivity contribution is 5.92. The highest BCUT2D eigenvalue weighted by atomic mass is 19.4. The van der Waals surface area contributed by atoms with E-state index in [4.69, 9.17) is 0 Å². The molecule has 0 aromatic heterocycles. The van der Waals surface area contributed by atoms with E-state index in [1.165, 1.54) is 25.0 Å². The predicted octanol–water partition coefficient (Wildman–Crippen LogP) is 3.06. The van der Waals surface area contributed by atoms with Gasteiger partial charge in [-0.1, -0.05) is 12.8 Å². The van der Waals surface area contributed by atoms with Gasteiger partial charge in [0, 0.05) is 11.7 Å². The second-order valence-corrected chi connectivity index (χ2v) is 4.98. The van der Waals surface area contributed by atoms with Crippen LogP contribution in [-0.4, -0.2) is 24.9 Å². The van der Waals surface area contributed by atoms with Crippen LogP contribution in [0, 0.1) is 0 Å². The van der Waals surface area contributed by atoms with E-state index in [0.717, 1.165) is 25.0 Å². The Morgan fingerprint density at radius 2 is 1.81 bits per heavy atom. The van der Waals surface area contributed by atoms with E-state index in [1.807, 2.05) is 0 Å². The largest absolute Gasteiger partial charge is 0.573 e. The number of rotatable bonds is 5. The van der Waals surface area contributed by atoms with Crippen molar-refractivity contribution in [3.05, 3.63) is 24.3 Å². The van der Waals surface area contributed by atoms with Gasteiger partial charge in [-0.25, -0.2) is 0 Å². The van der Waals surface area contributed by atoms with E-state index in [1.54, 1.807) is 0 Å². The number of alkyl halides is 3. The average Bonchev–Trinajstić information content (AvgIpc) is 2.90. The molecule has 0 radical (unpaired) electrons. The van der Waals surface area contributed by atoms with Gasteiger partial charge in [0.1, 0.15) is 5.75 Å². The number of carbonyl (C=O) groups is 1. The van der Waals surface area contributed by atoms with Crippen LogP contribution in [0.2, 0.25) is 0 Å². The van der Waals surface area contributed by atoms with Crippen LogP contribution in [0.15, 0.2) is 24.3 Å². The second kappa shape index (κ2) is 6.80. The van der Waals surface area contributed by atoms with Crippen LogP contribution in [0.1, 0.15) is 25.7 Å². The topological polar surface area (TPSA) is 50.4 Å². The van der Waals surface area contributed by atoms with Gasteiger partial charge in [0.2, 0.25) is 5.91 Å². The number of benzene rings is 1. The third-order valence-corrected chi connectivity index (χ3v) is 3.28. The molecule has 21 heavy (non-hydrogen) atoms. The molecule has 1 fully saturated rings. The molecule has 0 bridgehead atoms. The zero-order valence-corrected chi connectivity index (χ0v) is 11.4. The first kappa shape index (κ1) is 15.6. The van der Waals surface area contributed by atoms with Gasteiger partial charge in [0.05, 0.1) is 6.54 Å². The highest BCUT2D eigenvalue weighted by Crippen LogP contribution is 2.24. The fourth-order valence-corrected chi connectivity index (χ4v) is 2.31. The smallest absolute Gasteiger partial charge is 0.406 e. The normalized spacial score (nSPS) is 16.0. The SMILES string of the molecule is O=C(CNC1CCCC1)Nc1ccc(OC(F)(F)F)cc1. The van der Waals surface area contributed by atoms with E-state index in [0.29, 0.717) is 11.7 Å². The van der Waals surface area contributed by atoms with Crippen molar-refractivity contribution in [1.82, 2.24) is 5.32 Å². The Kier molecular flexibility index (Phi) is 5.06. The molecule has 0 saturated heterocycles.